The predicted octanol–water partition coefficient (Wildman–Crippen LogP) is 2.80. The Morgan fingerprint density at radius 2 is 1.83 bits per heavy atom. The van der Waals surface area contributed by atoms with E-state index in [0.29, 0.717) is 18.4 Å². The first-order valence-corrected chi connectivity index (χ1v) is 9.49. The minimum absolute atomic E-state index is 0.0641. The van der Waals surface area contributed by atoms with Gasteiger partial charge in [0.15, 0.2) is 17.5 Å². The molecule has 1 atom stereocenters. The van der Waals surface area contributed by atoms with Gasteiger partial charge in [0.1, 0.15) is 11.6 Å². The minimum Gasteiger partial charge on any atom is -0.331 e. The Bertz CT molecular complexity index is 1110. The molecular formula is C21H20F3N5O. The van der Waals surface area contributed by atoms with Gasteiger partial charge in [0.25, 0.3) is 0 Å². The second kappa shape index (κ2) is 7.91. The van der Waals surface area contributed by atoms with Crippen LogP contribution in [0.25, 0.3) is 5.69 Å². The maximum atomic E-state index is 13.9. The van der Waals surface area contributed by atoms with Crippen LogP contribution in [0.3, 0.4) is 0 Å². The van der Waals surface area contributed by atoms with E-state index in [1.54, 1.807) is 4.90 Å². The van der Waals surface area contributed by atoms with Gasteiger partial charge in [0, 0.05) is 25.1 Å². The normalized spacial score (nSPS) is 14.1. The topological polar surface area (TPSA) is 77.0 Å². The summed E-state index contributed by atoms with van der Waals surface area (Å²) in [6, 6.07) is 8.19. The van der Waals surface area contributed by atoms with Crippen molar-refractivity contribution in [2.45, 2.75) is 38.9 Å². The molecule has 0 saturated heterocycles. The summed E-state index contributed by atoms with van der Waals surface area (Å²) in [6.45, 7) is 2.46. The van der Waals surface area contributed by atoms with Gasteiger partial charge in [0.2, 0.25) is 5.91 Å². The van der Waals surface area contributed by atoms with Crippen molar-refractivity contribution in [2.75, 3.05) is 0 Å². The highest BCUT2D eigenvalue weighted by Gasteiger charge is 2.26. The number of fused-ring (bicyclic) bond motifs is 3. The molecule has 1 aliphatic heterocycles. The zero-order valence-electron chi connectivity index (χ0n) is 16.3. The van der Waals surface area contributed by atoms with Crippen LogP contribution < -0.4 is 5.73 Å². The number of halogens is 3. The highest BCUT2D eigenvalue weighted by Crippen LogP contribution is 2.25. The molecule has 2 heterocycles. The summed E-state index contributed by atoms with van der Waals surface area (Å²) < 4.78 is 42.3. The number of aryl methyl sites for hydroxylation is 1. The SMILES string of the molecule is Cc1nnc2n1-c1ccccc1CN(C(=O)C[C@H](N)Cc1cc(F)c(F)cc1F)C2. The Morgan fingerprint density at radius 3 is 2.63 bits per heavy atom. The summed E-state index contributed by atoms with van der Waals surface area (Å²) in [4.78, 5) is 14.6. The molecule has 0 bridgehead atoms. The second-order valence-electron chi connectivity index (χ2n) is 7.40. The number of rotatable bonds is 4. The third-order valence-electron chi connectivity index (χ3n) is 5.18. The fraction of sp³-hybridized carbons (Fsp3) is 0.286. The van der Waals surface area contributed by atoms with Gasteiger partial charge >= 0.3 is 0 Å². The molecule has 30 heavy (non-hydrogen) atoms. The number of nitrogens with zero attached hydrogens (tertiary/aromatic N) is 4. The van der Waals surface area contributed by atoms with Crippen LogP contribution in [0, 0.1) is 24.4 Å². The van der Waals surface area contributed by atoms with E-state index in [-0.39, 0.29) is 30.9 Å². The molecular weight excluding hydrogens is 395 g/mol. The highest BCUT2D eigenvalue weighted by molar-refractivity contribution is 5.77. The standard InChI is InChI=1S/C21H20F3N5O/c1-12-26-27-20-11-28(10-13-4-2-3-5-19(13)29(12)20)21(30)8-15(25)6-14-7-17(23)18(24)9-16(14)22/h2-5,7,9,15H,6,8,10-11,25H2,1H3/t15-/m1/s1. The van der Waals surface area contributed by atoms with E-state index in [4.69, 9.17) is 5.73 Å². The lowest BCUT2D eigenvalue weighted by atomic mass is 10.0. The zero-order valence-corrected chi connectivity index (χ0v) is 16.3. The summed E-state index contributed by atoms with van der Waals surface area (Å²) in [5.41, 5.74) is 7.83. The number of nitrogens with two attached hydrogens (primary N) is 1. The molecule has 1 aromatic heterocycles. The monoisotopic (exact) mass is 415 g/mol. The van der Waals surface area contributed by atoms with Crippen molar-refractivity contribution in [3.63, 3.8) is 0 Å². The van der Waals surface area contributed by atoms with Crippen LogP contribution in [0.15, 0.2) is 36.4 Å². The fourth-order valence-electron chi connectivity index (χ4n) is 3.72. The summed E-state index contributed by atoms with van der Waals surface area (Å²) in [5, 5.41) is 8.30. The molecule has 3 aromatic rings. The van der Waals surface area contributed by atoms with Crippen molar-refractivity contribution in [1.82, 2.24) is 19.7 Å². The van der Waals surface area contributed by atoms with E-state index in [1.807, 2.05) is 35.8 Å². The van der Waals surface area contributed by atoms with Crippen molar-refractivity contribution >= 4 is 5.91 Å². The number of hydrogen-bond acceptors (Lipinski definition) is 4. The number of hydrogen-bond donors (Lipinski definition) is 1. The van der Waals surface area contributed by atoms with Gasteiger partial charge in [-0.15, -0.1) is 10.2 Å². The van der Waals surface area contributed by atoms with Crippen molar-refractivity contribution in [3.8, 4) is 5.69 Å². The van der Waals surface area contributed by atoms with Gasteiger partial charge < -0.3 is 10.6 Å². The van der Waals surface area contributed by atoms with E-state index in [2.05, 4.69) is 10.2 Å². The van der Waals surface area contributed by atoms with Gasteiger partial charge in [-0.25, -0.2) is 13.2 Å². The van der Waals surface area contributed by atoms with Gasteiger partial charge in [-0.05, 0) is 36.6 Å². The number of para-hydroxylation sites is 1. The number of amides is 1. The molecule has 0 fully saturated rings. The van der Waals surface area contributed by atoms with E-state index in [9.17, 15) is 18.0 Å². The average Bonchev–Trinajstić information content (AvgIpc) is 2.96. The Labute approximate surface area is 171 Å². The second-order valence-corrected chi connectivity index (χ2v) is 7.40. The Kier molecular flexibility index (Phi) is 5.29. The van der Waals surface area contributed by atoms with Crippen LogP contribution in [0.4, 0.5) is 13.2 Å². The molecule has 0 spiro atoms. The molecule has 0 aliphatic carbocycles. The first-order chi connectivity index (χ1) is 14.3. The lowest BCUT2D eigenvalue weighted by Crippen LogP contribution is -2.36. The fourth-order valence-corrected chi connectivity index (χ4v) is 3.72. The van der Waals surface area contributed by atoms with Crippen LogP contribution in [0.5, 0.6) is 0 Å². The zero-order chi connectivity index (χ0) is 21.4. The van der Waals surface area contributed by atoms with Crippen molar-refractivity contribution in [1.29, 1.82) is 0 Å². The molecule has 6 nitrogen and oxygen atoms in total. The first-order valence-electron chi connectivity index (χ1n) is 9.49. The Morgan fingerprint density at radius 1 is 1.10 bits per heavy atom. The van der Waals surface area contributed by atoms with Crippen LogP contribution in [0.1, 0.15) is 29.2 Å². The first kappa shape index (κ1) is 20.1. The van der Waals surface area contributed by atoms with E-state index in [0.717, 1.165) is 23.1 Å². The lowest BCUT2D eigenvalue weighted by molar-refractivity contribution is -0.132. The molecule has 2 aromatic carbocycles. The molecule has 0 unspecified atom stereocenters. The highest BCUT2D eigenvalue weighted by atomic mass is 19.2. The molecule has 1 amide bonds. The van der Waals surface area contributed by atoms with Gasteiger partial charge in [-0.1, -0.05) is 18.2 Å². The largest absolute Gasteiger partial charge is 0.331 e. The van der Waals surface area contributed by atoms with Crippen LogP contribution in [-0.2, 0) is 24.3 Å². The molecule has 9 heteroatoms. The molecule has 156 valence electrons. The van der Waals surface area contributed by atoms with Crippen molar-refractivity contribution in [2.24, 2.45) is 5.73 Å². The van der Waals surface area contributed by atoms with Crippen LogP contribution in [0.2, 0.25) is 0 Å². The van der Waals surface area contributed by atoms with E-state index >= 15 is 0 Å². The smallest absolute Gasteiger partial charge is 0.224 e. The molecule has 0 radical (unpaired) electrons. The molecule has 4 rings (SSSR count). The van der Waals surface area contributed by atoms with E-state index in [1.165, 1.54) is 0 Å². The van der Waals surface area contributed by atoms with Crippen LogP contribution >= 0.6 is 0 Å². The third-order valence-corrected chi connectivity index (χ3v) is 5.18. The summed E-state index contributed by atoms with van der Waals surface area (Å²) >= 11 is 0. The van der Waals surface area contributed by atoms with Gasteiger partial charge in [0.05, 0.1) is 12.2 Å². The van der Waals surface area contributed by atoms with E-state index < -0.39 is 23.5 Å². The minimum atomic E-state index is -1.26. The van der Waals surface area contributed by atoms with Crippen molar-refractivity contribution in [3.05, 3.63) is 76.6 Å². The average molecular weight is 415 g/mol. The van der Waals surface area contributed by atoms with Crippen LogP contribution in [-0.4, -0.2) is 31.6 Å². The lowest BCUT2D eigenvalue weighted by Gasteiger charge is -2.22. The molecule has 2 N–H and O–H groups in total. The quantitative estimate of drug-likeness (QED) is 0.665. The third kappa shape index (κ3) is 3.80. The number of carbonyl (C=O) groups is 1. The number of carbonyl (C=O) groups excluding carboxylic acids is 1. The van der Waals surface area contributed by atoms with Gasteiger partial charge in [-0.3, -0.25) is 9.36 Å². The molecule has 1 aliphatic rings. The van der Waals surface area contributed by atoms with Crippen molar-refractivity contribution < 1.29 is 18.0 Å². The maximum absolute atomic E-state index is 13.9. The summed E-state index contributed by atoms with van der Waals surface area (Å²) in [5.74, 6) is -2.19. The Hall–Kier alpha value is -3.20. The summed E-state index contributed by atoms with van der Waals surface area (Å²) in [7, 11) is 0. The molecule has 0 saturated carbocycles. The summed E-state index contributed by atoms with van der Waals surface area (Å²) in [6.07, 6.45) is -0.164. The Balaban J connectivity index is 1.52. The number of aromatic nitrogens is 3. The van der Waals surface area contributed by atoms with Gasteiger partial charge in [-0.2, -0.15) is 0 Å². The number of benzene rings is 2. The maximum Gasteiger partial charge on any atom is 0.224 e. The predicted molar refractivity (Wildman–Crippen MR) is 103 cm³/mol.